The van der Waals surface area contributed by atoms with Gasteiger partial charge in [0.25, 0.3) is 0 Å². The van der Waals surface area contributed by atoms with Crippen molar-refractivity contribution >= 4 is 33.3 Å². The van der Waals surface area contributed by atoms with E-state index in [0.29, 0.717) is 18.5 Å². The van der Waals surface area contributed by atoms with Gasteiger partial charge in [0.2, 0.25) is 5.95 Å². The van der Waals surface area contributed by atoms with Gasteiger partial charge in [-0.15, -0.1) is 11.3 Å². The second-order valence-electron chi connectivity index (χ2n) is 4.66. The highest BCUT2D eigenvalue weighted by Crippen LogP contribution is 2.34. The van der Waals surface area contributed by atoms with E-state index in [2.05, 4.69) is 20.3 Å². The summed E-state index contributed by atoms with van der Waals surface area (Å²) in [5.74, 6) is 6.73. The third kappa shape index (κ3) is 2.24. The number of nitrogens with zero attached hydrogens (tertiary/aromatic N) is 3. The molecule has 0 aliphatic heterocycles. The minimum absolute atomic E-state index is 0.123. The molecule has 0 atom stereocenters. The van der Waals surface area contributed by atoms with E-state index in [1.54, 1.807) is 11.3 Å². The summed E-state index contributed by atoms with van der Waals surface area (Å²) in [4.78, 5) is 11.9. The van der Waals surface area contributed by atoms with Gasteiger partial charge in [0.15, 0.2) is 0 Å². The van der Waals surface area contributed by atoms with E-state index in [-0.39, 0.29) is 6.61 Å². The number of anilines is 2. The Labute approximate surface area is 115 Å². The highest BCUT2D eigenvalue weighted by molar-refractivity contribution is 7.16. The molecule has 0 radical (unpaired) electrons. The summed E-state index contributed by atoms with van der Waals surface area (Å²) >= 11 is 1.57. The van der Waals surface area contributed by atoms with Gasteiger partial charge in [-0.3, -0.25) is 5.43 Å². The first kappa shape index (κ1) is 12.6. The third-order valence-corrected chi connectivity index (χ3v) is 4.37. The Bertz CT molecular complexity index is 568. The molecule has 1 aliphatic carbocycles. The molecule has 0 unspecified atom stereocenters. The minimum atomic E-state index is 0.123. The van der Waals surface area contributed by atoms with Crippen LogP contribution in [-0.2, 0) is 0 Å². The lowest BCUT2D eigenvalue weighted by molar-refractivity contribution is 0.283. The number of nitrogens with one attached hydrogen (secondary N) is 1. The predicted molar refractivity (Wildman–Crippen MR) is 77.3 cm³/mol. The molecule has 0 spiro atoms. The maximum Gasteiger partial charge on any atom is 0.240 e. The van der Waals surface area contributed by atoms with Crippen molar-refractivity contribution in [3.05, 3.63) is 11.4 Å². The van der Waals surface area contributed by atoms with Crippen molar-refractivity contribution in [2.75, 3.05) is 23.5 Å². The molecule has 2 aromatic heterocycles. The van der Waals surface area contributed by atoms with Crippen LogP contribution in [0.25, 0.3) is 10.2 Å². The van der Waals surface area contributed by atoms with Crippen molar-refractivity contribution in [3.8, 4) is 0 Å². The lowest BCUT2D eigenvalue weighted by atomic mass is 9.91. The number of rotatable bonds is 5. The van der Waals surface area contributed by atoms with E-state index in [0.717, 1.165) is 28.9 Å². The number of fused-ring (bicyclic) bond motifs is 1. The van der Waals surface area contributed by atoms with Gasteiger partial charge in [-0.1, -0.05) is 0 Å². The molecule has 102 valence electrons. The van der Waals surface area contributed by atoms with E-state index < -0.39 is 0 Å². The zero-order valence-corrected chi connectivity index (χ0v) is 11.4. The number of nitrogen functional groups attached to an aromatic ring is 1. The third-order valence-electron chi connectivity index (χ3n) is 3.56. The topological polar surface area (TPSA) is 87.3 Å². The van der Waals surface area contributed by atoms with E-state index in [1.807, 2.05) is 11.4 Å². The Morgan fingerprint density at radius 3 is 2.95 bits per heavy atom. The summed E-state index contributed by atoms with van der Waals surface area (Å²) in [7, 11) is 0. The highest BCUT2D eigenvalue weighted by Gasteiger charge is 2.27. The van der Waals surface area contributed by atoms with Gasteiger partial charge in [0.05, 0.1) is 12.0 Å². The number of aromatic nitrogens is 2. The fraction of sp³-hybridized carbons (Fsp3) is 0.500. The molecule has 1 aliphatic rings. The molecule has 4 N–H and O–H groups in total. The maximum atomic E-state index is 9.29. The molecule has 0 amide bonds. The summed E-state index contributed by atoms with van der Waals surface area (Å²) in [6, 6.07) is 2.49. The van der Waals surface area contributed by atoms with Gasteiger partial charge in [-0.25, -0.2) is 10.8 Å². The predicted octanol–water partition coefficient (Wildman–Crippen LogP) is 1.33. The SMILES string of the molecule is NNc1nc(N(CCO)C2CCC2)c2ccsc2n1. The molecule has 0 saturated heterocycles. The number of hydrogen-bond acceptors (Lipinski definition) is 7. The molecule has 7 heteroatoms. The van der Waals surface area contributed by atoms with Crippen molar-refractivity contribution < 1.29 is 5.11 Å². The molecule has 0 aromatic carbocycles. The summed E-state index contributed by atoms with van der Waals surface area (Å²) in [6.45, 7) is 0.716. The number of thiophene rings is 1. The smallest absolute Gasteiger partial charge is 0.240 e. The Hall–Kier alpha value is -1.44. The van der Waals surface area contributed by atoms with Crippen LogP contribution in [0, 0.1) is 0 Å². The van der Waals surface area contributed by atoms with Crippen LogP contribution in [-0.4, -0.2) is 34.3 Å². The molecule has 2 heterocycles. The standard InChI is InChI=1S/C12H17N5OS/c13-16-12-14-10(9-4-7-19-11(9)15-12)17(5-6-18)8-2-1-3-8/h4,7-8,18H,1-3,5-6,13H2,(H,14,15,16). The van der Waals surface area contributed by atoms with Gasteiger partial charge in [-0.05, 0) is 30.7 Å². The van der Waals surface area contributed by atoms with E-state index in [9.17, 15) is 5.11 Å². The van der Waals surface area contributed by atoms with E-state index >= 15 is 0 Å². The van der Waals surface area contributed by atoms with Crippen LogP contribution in [0.1, 0.15) is 19.3 Å². The average molecular weight is 279 g/mol. The van der Waals surface area contributed by atoms with Crippen molar-refractivity contribution in [2.24, 2.45) is 5.84 Å². The number of hydrazine groups is 1. The summed E-state index contributed by atoms with van der Waals surface area (Å²) < 4.78 is 0. The summed E-state index contributed by atoms with van der Waals surface area (Å²) in [6.07, 6.45) is 3.55. The molecule has 2 aromatic rings. The molecule has 0 bridgehead atoms. The zero-order chi connectivity index (χ0) is 13.2. The fourth-order valence-corrected chi connectivity index (χ4v) is 3.15. The first-order chi connectivity index (χ1) is 9.33. The van der Waals surface area contributed by atoms with Crippen molar-refractivity contribution in [1.29, 1.82) is 0 Å². The second kappa shape index (κ2) is 5.28. The second-order valence-corrected chi connectivity index (χ2v) is 5.55. The Morgan fingerprint density at radius 1 is 1.47 bits per heavy atom. The van der Waals surface area contributed by atoms with E-state index in [1.165, 1.54) is 6.42 Å². The highest BCUT2D eigenvalue weighted by atomic mass is 32.1. The first-order valence-electron chi connectivity index (χ1n) is 6.43. The normalized spacial score (nSPS) is 15.5. The lowest BCUT2D eigenvalue weighted by Crippen LogP contribution is -2.42. The number of aliphatic hydroxyl groups is 1. The average Bonchev–Trinajstić information content (AvgIpc) is 2.83. The van der Waals surface area contributed by atoms with Crippen LogP contribution in [0.3, 0.4) is 0 Å². The molecule has 3 rings (SSSR count). The summed E-state index contributed by atoms with van der Waals surface area (Å²) in [5, 5.41) is 12.3. The number of aliphatic hydroxyl groups excluding tert-OH is 1. The molecule has 1 fully saturated rings. The van der Waals surface area contributed by atoms with Crippen LogP contribution >= 0.6 is 11.3 Å². The van der Waals surface area contributed by atoms with Crippen molar-refractivity contribution in [3.63, 3.8) is 0 Å². The molecule has 6 nitrogen and oxygen atoms in total. The van der Waals surface area contributed by atoms with Crippen LogP contribution in [0.15, 0.2) is 11.4 Å². The number of hydrogen-bond donors (Lipinski definition) is 3. The Balaban J connectivity index is 2.06. The molecule has 19 heavy (non-hydrogen) atoms. The molecular weight excluding hydrogens is 262 g/mol. The quantitative estimate of drug-likeness (QED) is 0.565. The Morgan fingerprint density at radius 2 is 2.32 bits per heavy atom. The van der Waals surface area contributed by atoms with Crippen LogP contribution in [0.5, 0.6) is 0 Å². The van der Waals surface area contributed by atoms with Crippen LogP contribution in [0.2, 0.25) is 0 Å². The van der Waals surface area contributed by atoms with Crippen LogP contribution in [0.4, 0.5) is 11.8 Å². The first-order valence-corrected chi connectivity index (χ1v) is 7.31. The van der Waals surface area contributed by atoms with Gasteiger partial charge >= 0.3 is 0 Å². The molecule has 1 saturated carbocycles. The monoisotopic (exact) mass is 279 g/mol. The lowest BCUT2D eigenvalue weighted by Gasteiger charge is -2.38. The van der Waals surface area contributed by atoms with Gasteiger partial charge in [0.1, 0.15) is 10.6 Å². The largest absolute Gasteiger partial charge is 0.395 e. The fourth-order valence-electron chi connectivity index (χ4n) is 2.39. The van der Waals surface area contributed by atoms with Crippen molar-refractivity contribution in [1.82, 2.24) is 9.97 Å². The van der Waals surface area contributed by atoms with Gasteiger partial charge in [0, 0.05) is 12.6 Å². The zero-order valence-electron chi connectivity index (χ0n) is 10.5. The van der Waals surface area contributed by atoms with E-state index in [4.69, 9.17) is 5.84 Å². The van der Waals surface area contributed by atoms with Gasteiger partial charge in [-0.2, -0.15) is 4.98 Å². The maximum absolute atomic E-state index is 9.29. The minimum Gasteiger partial charge on any atom is -0.395 e. The molecular formula is C12H17N5OS. The van der Waals surface area contributed by atoms with Crippen molar-refractivity contribution in [2.45, 2.75) is 25.3 Å². The Kier molecular flexibility index (Phi) is 3.50. The van der Waals surface area contributed by atoms with Crippen LogP contribution < -0.4 is 16.2 Å². The number of nitrogens with two attached hydrogens (primary N) is 1. The summed E-state index contributed by atoms with van der Waals surface area (Å²) in [5.41, 5.74) is 2.52. The van der Waals surface area contributed by atoms with Gasteiger partial charge < -0.3 is 10.0 Å².